The van der Waals surface area contributed by atoms with Gasteiger partial charge in [0.05, 0.1) is 13.7 Å². The van der Waals surface area contributed by atoms with Crippen LogP contribution < -0.4 is 20.7 Å². The third kappa shape index (κ3) is 6.59. The summed E-state index contributed by atoms with van der Waals surface area (Å²) in [4.78, 5) is 37.9. The number of hydrogen-bond donors (Lipinski definition) is 3. The number of carbonyl (C=O) groups is 3. The van der Waals surface area contributed by atoms with Gasteiger partial charge in [0.15, 0.2) is 0 Å². The fourth-order valence-electron chi connectivity index (χ4n) is 2.87. The Balaban J connectivity index is 1.41. The van der Waals surface area contributed by atoms with Gasteiger partial charge in [-0.05, 0) is 61.9 Å². The van der Waals surface area contributed by atoms with E-state index in [4.69, 9.17) is 4.74 Å². The maximum atomic E-state index is 12.1. The molecular weight excluding hydrogens is 384 g/mol. The molecule has 3 rings (SSSR count). The number of hydrogen-bond acceptors (Lipinski definition) is 5. The van der Waals surface area contributed by atoms with Crippen molar-refractivity contribution < 1.29 is 19.1 Å². The molecule has 4 amide bonds. The van der Waals surface area contributed by atoms with Crippen molar-refractivity contribution in [2.45, 2.75) is 25.4 Å². The van der Waals surface area contributed by atoms with Crippen LogP contribution >= 0.6 is 0 Å². The molecule has 30 heavy (non-hydrogen) atoms. The van der Waals surface area contributed by atoms with Crippen LogP contribution in [0, 0.1) is 0 Å². The number of benzene rings is 2. The summed E-state index contributed by atoms with van der Waals surface area (Å²) >= 11 is 0. The van der Waals surface area contributed by atoms with Gasteiger partial charge in [0.1, 0.15) is 5.75 Å². The third-order valence-corrected chi connectivity index (χ3v) is 4.60. The number of anilines is 1. The normalized spacial score (nSPS) is 12.9. The molecule has 0 unspecified atom stereocenters. The van der Waals surface area contributed by atoms with Crippen LogP contribution in [0.25, 0.3) is 0 Å². The van der Waals surface area contributed by atoms with E-state index in [1.807, 2.05) is 12.1 Å². The quantitative estimate of drug-likeness (QED) is 0.620. The van der Waals surface area contributed by atoms with Crippen LogP contribution in [0.3, 0.4) is 0 Å². The fraction of sp³-hybridized carbons (Fsp3) is 0.318. The van der Waals surface area contributed by atoms with Gasteiger partial charge in [-0.15, -0.1) is 0 Å². The number of urea groups is 1. The summed E-state index contributed by atoms with van der Waals surface area (Å²) in [7, 11) is 3.35. The van der Waals surface area contributed by atoms with Gasteiger partial charge in [-0.2, -0.15) is 0 Å². The van der Waals surface area contributed by atoms with Crippen LogP contribution in [0.2, 0.25) is 0 Å². The molecule has 0 bridgehead atoms. The first-order chi connectivity index (χ1) is 14.4. The van der Waals surface area contributed by atoms with Crippen molar-refractivity contribution in [3.63, 3.8) is 0 Å². The number of nitrogens with one attached hydrogen (secondary N) is 3. The summed E-state index contributed by atoms with van der Waals surface area (Å²) < 4.78 is 5.06. The third-order valence-electron chi connectivity index (χ3n) is 4.60. The molecule has 0 heterocycles. The van der Waals surface area contributed by atoms with E-state index < -0.39 is 11.9 Å². The lowest BCUT2D eigenvalue weighted by Gasteiger charge is -2.16. The minimum Gasteiger partial charge on any atom is -0.497 e. The molecule has 0 aromatic heterocycles. The average Bonchev–Trinajstić information content (AvgIpc) is 3.52. The number of amides is 4. The number of rotatable bonds is 8. The smallest absolute Gasteiger partial charge is 0.325 e. The molecule has 3 N–H and O–H groups in total. The van der Waals surface area contributed by atoms with Crippen molar-refractivity contribution in [3.05, 3.63) is 59.7 Å². The number of ether oxygens (including phenoxy) is 1. The Morgan fingerprint density at radius 1 is 1.03 bits per heavy atom. The summed E-state index contributed by atoms with van der Waals surface area (Å²) in [6.07, 6.45) is 2.10. The molecule has 8 heteroatoms. The first-order valence-electron chi connectivity index (χ1n) is 9.76. The van der Waals surface area contributed by atoms with Gasteiger partial charge in [0.2, 0.25) is 5.91 Å². The molecule has 1 aliphatic carbocycles. The van der Waals surface area contributed by atoms with Gasteiger partial charge in [-0.25, -0.2) is 4.79 Å². The highest BCUT2D eigenvalue weighted by atomic mass is 16.5. The maximum absolute atomic E-state index is 12.1. The van der Waals surface area contributed by atoms with Crippen molar-refractivity contribution in [1.29, 1.82) is 0 Å². The Hall–Kier alpha value is -3.39. The van der Waals surface area contributed by atoms with E-state index in [0.29, 0.717) is 29.6 Å². The number of methoxy groups -OCH3 is 1. The largest absolute Gasteiger partial charge is 0.497 e. The summed E-state index contributed by atoms with van der Waals surface area (Å²) in [5.74, 6) is 0.207. The van der Waals surface area contributed by atoms with Gasteiger partial charge >= 0.3 is 6.03 Å². The number of carbonyl (C=O) groups excluding carboxylic acids is 3. The van der Waals surface area contributed by atoms with E-state index in [2.05, 4.69) is 16.0 Å². The molecule has 8 nitrogen and oxygen atoms in total. The van der Waals surface area contributed by atoms with Crippen LogP contribution in [-0.4, -0.2) is 49.5 Å². The molecule has 0 radical (unpaired) electrons. The monoisotopic (exact) mass is 410 g/mol. The number of imide groups is 1. The van der Waals surface area contributed by atoms with Gasteiger partial charge < -0.3 is 15.4 Å². The maximum Gasteiger partial charge on any atom is 0.325 e. The molecule has 0 saturated heterocycles. The Labute approximate surface area is 175 Å². The Morgan fingerprint density at radius 2 is 1.70 bits per heavy atom. The van der Waals surface area contributed by atoms with E-state index in [-0.39, 0.29) is 12.5 Å². The average molecular weight is 410 g/mol. The highest BCUT2D eigenvalue weighted by molar-refractivity contribution is 6.01. The molecule has 2 aromatic rings. The lowest BCUT2D eigenvalue weighted by Crippen LogP contribution is -2.40. The Kier molecular flexibility index (Phi) is 7.03. The van der Waals surface area contributed by atoms with Crippen LogP contribution in [-0.2, 0) is 11.3 Å². The predicted molar refractivity (Wildman–Crippen MR) is 113 cm³/mol. The molecule has 1 saturated carbocycles. The topological polar surface area (TPSA) is 99.8 Å². The van der Waals surface area contributed by atoms with E-state index in [1.165, 1.54) is 0 Å². The minimum atomic E-state index is -0.593. The lowest BCUT2D eigenvalue weighted by atomic mass is 10.1. The second-order valence-corrected chi connectivity index (χ2v) is 7.35. The summed E-state index contributed by atoms with van der Waals surface area (Å²) in [5.41, 5.74) is 2.15. The summed E-state index contributed by atoms with van der Waals surface area (Å²) in [5, 5.41) is 7.86. The molecule has 0 atom stereocenters. The summed E-state index contributed by atoms with van der Waals surface area (Å²) in [6, 6.07) is 13.8. The van der Waals surface area contributed by atoms with Crippen LogP contribution in [0.5, 0.6) is 5.75 Å². The van der Waals surface area contributed by atoms with E-state index in [1.54, 1.807) is 55.5 Å². The lowest BCUT2D eigenvalue weighted by molar-refractivity contribution is -0.120. The molecule has 1 fully saturated rings. The van der Waals surface area contributed by atoms with Crippen LogP contribution in [0.4, 0.5) is 10.5 Å². The van der Waals surface area contributed by atoms with Gasteiger partial charge in [0.25, 0.3) is 5.91 Å². The second kappa shape index (κ2) is 9.89. The van der Waals surface area contributed by atoms with Crippen molar-refractivity contribution in [2.75, 3.05) is 26.0 Å². The Morgan fingerprint density at radius 3 is 2.30 bits per heavy atom. The van der Waals surface area contributed by atoms with Crippen molar-refractivity contribution in [2.24, 2.45) is 0 Å². The highest BCUT2D eigenvalue weighted by Crippen LogP contribution is 2.19. The molecule has 158 valence electrons. The molecule has 2 aromatic carbocycles. The second-order valence-electron chi connectivity index (χ2n) is 7.35. The summed E-state index contributed by atoms with van der Waals surface area (Å²) in [6.45, 7) is 0.567. The van der Waals surface area contributed by atoms with E-state index in [0.717, 1.165) is 18.4 Å². The van der Waals surface area contributed by atoms with Gasteiger partial charge in [-0.1, -0.05) is 12.1 Å². The van der Waals surface area contributed by atoms with Crippen molar-refractivity contribution in [1.82, 2.24) is 15.5 Å². The zero-order chi connectivity index (χ0) is 21.5. The van der Waals surface area contributed by atoms with E-state index >= 15 is 0 Å². The molecular formula is C22H26N4O4. The molecule has 0 spiro atoms. The standard InChI is InChI=1S/C22H26N4O4/c1-26(13-15-3-5-16(6-4-15)21(28)23-17-7-8-17)14-20(27)25-22(29)24-18-9-11-19(30-2)12-10-18/h3-6,9-12,17H,7-8,13-14H2,1-2H3,(H,23,28)(H2,24,25,27,29). The van der Waals surface area contributed by atoms with Crippen LogP contribution in [0.1, 0.15) is 28.8 Å². The van der Waals surface area contributed by atoms with E-state index in [9.17, 15) is 14.4 Å². The van der Waals surface area contributed by atoms with Crippen LogP contribution in [0.15, 0.2) is 48.5 Å². The number of likely N-dealkylation sites (N-methyl/N-ethyl adjacent to an activating group) is 1. The first kappa shape index (κ1) is 21.3. The van der Waals surface area contributed by atoms with Gasteiger partial charge in [-0.3, -0.25) is 19.8 Å². The molecule has 0 aliphatic heterocycles. The fourth-order valence-corrected chi connectivity index (χ4v) is 2.87. The van der Waals surface area contributed by atoms with Gasteiger partial charge in [0, 0.05) is 23.8 Å². The SMILES string of the molecule is COc1ccc(NC(=O)NC(=O)CN(C)Cc2ccc(C(=O)NC3CC3)cc2)cc1. The van der Waals surface area contributed by atoms with Crippen molar-refractivity contribution >= 4 is 23.5 Å². The zero-order valence-corrected chi connectivity index (χ0v) is 17.1. The Bertz CT molecular complexity index is 892. The molecule has 1 aliphatic rings. The van der Waals surface area contributed by atoms with Crippen molar-refractivity contribution in [3.8, 4) is 5.75 Å². The zero-order valence-electron chi connectivity index (χ0n) is 17.1. The number of nitrogens with zero attached hydrogens (tertiary/aromatic N) is 1. The first-order valence-corrected chi connectivity index (χ1v) is 9.76. The minimum absolute atomic E-state index is 0.0555. The highest BCUT2D eigenvalue weighted by Gasteiger charge is 2.23. The predicted octanol–water partition coefficient (Wildman–Crippen LogP) is 2.37.